The minimum absolute atomic E-state index is 0.00798. The lowest BCUT2D eigenvalue weighted by Gasteiger charge is -2.23. The number of carbonyl (C=O) groups excluding carboxylic acids is 1. The fourth-order valence-corrected chi connectivity index (χ4v) is 3.96. The molecule has 0 aliphatic carbocycles. The predicted octanol–water partition coefficient (Wildman–Crippen LogP) is 2.94. The number of hydrogen-bond acceptors (Lipinski definition) is 5. The molecule has 1 unspecified atom stereocenters. The third-order valence-electron chi connectivity index (χ3n) is 5.73. The Morgan fingerprint density at radius 3 is 2.71 bits per heavy atom. The van der Waals surface area contributed by atoms with Crippen molar-refractivity contribution in [2.75, 3.05) is 31.2 Å². The maximum absolute atomic E-state index is 12.5. The molecule has 1 aromatic carbocycles. The zero-order valence-electron chi connectivity index (χ0n) is 16.4. The molecule has 0 spiro atoms. The average molecular weight is 380 g/mol. The molecule has 1 aromatic heterocycles. The van der Waals surface area contributed by atoms with Gasteiger partial charge in [0, 0.05) is 55.7 Å². The van der Waals surface area contributed by atoms with E-state index in [1.54, 1.807) is 0 Å². The zero-order chi connectivity index (χ0) is 19.3. The molecule has 3 heterocycles. The third-order valence-corrected chi connectivity index (χ3v) is 5.73. The van der Waals surface area contributed by atoms with Gasteiger partial charge in [-0.1, -0.05) is 19.1 Å². The summed E-state index contributed by atoms with van der Waals surface area (Å²) in [6.45, 7) is 5.33. The van der Waals surface area contributed by atoms with E-state index in [9.17, 15) is 4.79 Å². The van der Waals surface area contributed by atoms with Crippen molar-refractivity contribution < 1.29 is 9.53 Å². The number of aryl methyl sites for hydroxylation is 1. The highest BCUT2D eigenvalue weighted by Gasteiger charge is 2.27. The molecule has 2 aromatic rings. The molecule has 0 radical (unpaired) electrons. The number of anilines is 1. The number of nitrogens with one attached hydrogen (secondary N) is 1. The van der Waals surface area contributed by atoms with Crippen molar-refractivity contribution >= 4 is 11.9 Å². The lowest BCUT2D eigenvalue weighted by Crippen LogP contribution is -2.37. The van der Waals surface area contributed by atoms with E-state index in [4.69, 9.17) is 9.72 Å². The largest absolute Gasteiger partial charge is 0.381 e. The highest BCUT2D eigenvalue weighted by Crippen LogP contribution is 2.26. The molecule has 2 saturated heterocycles. The second-order valence-corrected chi connectivity index (χ2v) is 7.62. The van der Waals surface area contributed by atoms with E-state index in [0.717, 1.165) is 63.6 Å². The summed E-state index contributed by atoms with van der Waals surface area (Å²) in [5, 5.41) is 3.16. The molecule has 6 nitrogen and oxygen atoms in total. The minimum Gasteiger partial charge on any atom is -0.381 e. The third kappa shape index (κ3) is 4.33. The second-order valence-electron chi connectivity index (χ2n) is 7.62. The van der Waals surface area contributed by atoms with Crippen LogP contribution in [-0.2, 0) is 11.2 Å². The Balaban J connectivity index is 1.36. The van der Waals surface area contributed by atoms with Gasteiger partial charge in [0.1, 0.15) is 0 Å². The van der Waals surface area contributed by atoms with Gasteiger partial charge in [-0.25, -0.2) is 9.97 Å². The Hall–Kier alpha value is -2.47. The first kappa shape index (κ1) is 18.9. The molecule has 2 aliphatic heterocycles. The summed E-state index contributed by atoms with van der Waals surface area (Å²) in [4.78, 5) is 24.0. The summed E-state index contributed by atoms with van der Waals surface area (Å²) in [6.07, 6.45) is 5.78. The number of rotatable bonds is 5. The maximum Gasteiger partial charge on any atom is 0.251 e. The van der Waals surface area contributed by atoms with Crippen LogP contribution < -0.4 is 10.2 Å². The Kier molecular flexibility index (Phi) is 5.86. The van der Waals surface area contributed by atoms with E-state index in [2.05, 4.69) is 22.1 Å². The first-order valence-electron chi connectivity index (χ1n) is 10.3. The lowest BCUT2D eigenvalue weighted by molar-refractivity contribution is 0.0845. The molecule has 148 valence electrons. The summed E-state index contributed by atoms with van der Waals surface area (Å²) < 4.78 is 5.46. The second kappa shape index (κ2) is 8.69. The molecule has 6 heteroatoms. The minimum atomic E-state index is -0.00798. The van der Waals surface area contributed by atoms with Crippen LogP contribution >= 0.6 is 0 Å². The SMILES string of the molecule is CCc1ccc(C(=O)NC2CCN(c3nccc(C4CCOCC4)n3)C2)cc1. The summed E-state index contributed by atoms with van der Waals surface area (Å²) in [6, 6.07) is 9.99. The fourth-order valence-electron chi connectivity index (χ4n) is 3.96. The Morgan fingerprint density at radius 2 is 1.96 bits per heavy atom. The summed E-state index contributed by atoms with van der Waals surface area (Å²) in [5.74, 6) is 1.22. The van der Waals surface area contributed by atoms with Crippen LogP contribution in [0.15, 0.2) is 36.5 Å². The first-order valence-corrected chi connectivity index (χ1v) is 10.3. The van der Waals surface area contributed by atoms with Crippen LogP contribution in [0, 0.1) is 0 Å². The lowest BCUT2D eigenvalue weighted by atomic mass is 9.96. The van der Waals surface area contributed by atoms with Crippen LogP contribution in [0.2, 0.25) is 0 Å². The quantitative estimate of drug-likeness (QED) is 0.864. The van der Waals surface area contributed by atoms with Gasteiger partial charge in [-0.2, -0.15) is 0 Å². The standard InChI is InChI=1S/C22H28N4O2/c1-2-16-3-5-18(6-4-16)21(27)24-19-8-12-26(15-19)22-23-11-7-20(25-22)17-9-13-28-14-10-17/h3-7,11,17,19H,2,8-10,12-15H2,1H3,(H,24,27). The van der Waals surface area contributed by atoms with Crippen LogP contribution in [-0.4, -0.2) is 48.2 Å². The van der Waals surface area contributed by atoms with Gasteiger partial charge in [0.05, 0.1) is 0 Å². The highest BCUT2D eigenvalue weighted by atomic mass is 16.5. The van der Waals surface area contributed by atoms with Crippen molar-refractivity contribution in [3.63, 3.8) is 0 Å². The molecule has 4 rings (SSSR count). The van der Waals surface area contributed by atoms with Crippen molar-refractivity contribution in [3.8, 4) is 0 Å². The van der Waals surface area contributed by atoms with Crippen molar-refractivity contribution in [1.29, 1.82) is 0 Å². The van der Waals surface area contributed by atoms with Crippen LogP contribution in [0.3, 0.4) is 0 Å². The van der Waals surface area contributed by atoms with Crippen LogP contribution in [0.25, 0.3) is 0 Å². The normalized spacial score (nSPS) is 20.3. The van der Waals surface area contributed by atoms with E-state index in [0.29, 0.717) is 11.5 Å². The van der Waals surface area contributed by atoms with Crippen LogP contribution in [0.4, 0.5) is 5.95 Å². The Bertz CT molecular complexity index is 802. The number of carbonyl (C=O) groups is 1. The van der Waals surface area contributed by atoms with Gasteiger partial charge in [-0.15, -0.1) is 0 Å². The predicted molar refractivity (Wildman–Crippen MR) is 109 cm³/mol. The van der Waals surface area contributed by atoms with E-state index in [1.165, 1.54) is 5.56 Å². The summed E-state index contributed by atoms with van der Waals surface area (Å²) >= 11 is 0. The smallest absolute Gasteiger partial charge is 0.251 e. The van der Waals surface area contributed by atoms with Crippen molar-refractivity contribution in [2.24, 2.45) is 0 Å². The van der Waals surface area contributed by atoms with Gasteiger partial charge >= 0.3 is 0 Å². The number of ether oxygens (including phenoxy) is 1. The monoisotopic (exact) mass is 380 g/mol. The van der Waals surface area contributed by atoms with Gasteiger partial charge in [-0.3, -0.25) is 4.79 Å². The van der Waals surface area contributed by atoms with Gasteiger partial charge in [0.15, 0.2) is 0 Å². The zero-order valence-corrected chi connectivity index (χ0v) is 16.4. The van der Waals surface area contributed by atoms with Crippen molar-refractivity contribution in [2.45, 2.75) is 44.6 Å². The number of nitrogens with zero attached hydrogens (tertiary/aromatic N) is 3. The topological polar surface area (TPSA) is 67.4 Å². The molecule has 1 amide bonds. The van der Waals surface area contributed by atoms with Gasteiger partial charge in [-0.05, 0) is 49.4 Å². The summed E-state index contributed by atoms with van der Waals surface area (Å²) in [5.41, 5.74) is 3.07. The Labute approximate surface area is 166 Å². The molecule has 1 N–H and O–H groups in total. The number of hydrogen-bond donors (Lipinski definition) is 1. The summed E-state index contributed by atoms with van der Waals surface area (Å²) in [7, 11) is 0. The van der Waals surface area contributed by atoms with E-state index >= 15 is 0 Å². The molecular formula is C22H28N4O2. The molecule has 2 fully saturated rings. The number of amides is 1. The first-order chi connectivity index (χ1) is 13.7. The Morgan fingerprint density at radius 1 is 1.18 bits per heavy atom. The van der Waals surface area contributed by atoms with E-state index in [-0.39, 0.29) is 11.9 Å². The van der Waals surface area contributed by atoms with E-state index < -0.39 is 0 Å². The van der Waals surface area contributed by atoms with Crippen LogP contribution in [0.5, 0.6) is 0 Å². The highest BCUT2D eigenvalue weighted by molar-refractivity contribution is 5.94. The maximum atomic E-state index is 12.5. The van der Waals surface area contributed by atoms with Gasteiger partial charge < -0.3 is 15.0 Å². The van der Waals surface area contributed by atoms with Crippen molar-refractivity contribution in [1.82, 2.24) is 15.3 Å². The number of aromatic nitrogens is 2. The average Bonchev–Trinajstić information content (AvgIpc) is 3.23. The van der Waals surface area contributed by atoms with Crippen molar-refractivity contribution in [3.05, 3.63) is 53.3 Å². The van der Waals surface area contributed by atoms with Gasteiger partial charge in [0.25, 0.3) is 5.91 Å². The molecule has 0 saturated carbocycles. The number of benzene rings is 1. The van der Waals surface area contributed by atoms with Crippen LogP contribution in [0.1, 0.15) is 53.7 Å². The molecule has 2 aliphatic rings. The van der Waals surface area contributed by atoms with E-state index in [1.807, 2.05) is 36.5 Å². The molecule has 1 atom stereocenters. The fraction of sp³-hybridized carbons (Fsp3) is 0.500. The molecular weight excluding hydrogens is 352 g/mol. The molecule has 28 heavy (non-hydrogen) atoms. The van der Waals surface area contributed by atoms with Gasteiger partial charge in [0.2, 0.25) is 5.95 Å². The molecule has 0 bridgehead atoms.